The topological polar surface area (TPSA) is 84.7 Å². The van der Waals surface area contributed by atoms with Crippen LogP contribution >= 0.6 is 11.3 Å². The molecule has 0 radical (unpaired) electrons. The van der Waals surface area contributed by atoms with Crippen LogP contribution in [0.1, 0.15) is 50.5 Å². The number of piperidine rings is 1. The molecule has 1 saturated carbocycles. The molecule has 3 N–H and O–H groups in total. The molecule has 1 aliphatic heterocycles. The van der Waals surface area contributed by atoms with E-state index in [1.54, 1.807) is 20.8 Å². The van der Waals surface area contributed by atoms with Gasteiger partial charge in [-0.15, -0.1) is 11.3 Å². The Kier molecular flexibility index (Phi) is 7.09. The van der Waals surface area contributed by atoms with Crippen LogP contribution in [0.15, 0.2) is 30.3 Å². The number of nitrogens with two attached hydrogens (primary N) is 1. The van der Waals surface area contributed by atoms with Gasteiger partial charge in [-0.2, -0.15) is 13.2 Å². The van der Waals surface area contributed by atoms with Gasteiger partial charge in [-0.3, -0.25) is 9.69 Å². The summed E-state index contributed by atoms with van der Waals surface area (Å²) in [7, 11) is 0. The number of rotatable bonds is 5. The predicted octanol–water partition coefficient (Wildman–Crippen LogP) is 5.30. The number of alkyl halides is 3. The lowest BCUT2D eigenvalue weighted by Crippen LogP contribution is -2.57. The summed E-state index contributed by atoms with van der Waals surface area (Å²) < 4.78 is 58.9. The molecule has 6 nitrogen and oxygen atoms in total. The zero-order chi connectivity index (χ0) is 26.4. The molecule has 1 saturated heterocycles. The Morgan fingerprint density at radius 1 is 1.19 bits per heavy atom. The van der Waals surface area contributed by atoms with E-state index in [2.05, 4.69) is 5.32 Å². The fraction of sp³-hybridized carbons (Fsp3) is 0.520. The lowest BCUT2D eigenvalue weighted by Gasteiger charge is -2.36. The second-order valence-electron chi connectivity index (χ2n) is 10.3. The molecular formula is C25H29F4N3O3S. The van der Waals surface area contributed by atoms with Crippen molar-refractivity contribution in [3.63, 3.8) is 0 Å². The number of nitrogens with one attached hydrogen (secondary N) is 1. The summed E-state index contributed by atoms with van der Waals surface area (Å²) in [6, 6.07) is 5.66. The molecule has 0 unspecified atom stereocenters. The first-order valence-corrected chi connectivity index (χ1v) is 12.6. The van der Waals surface area contributed by atoms with Crippen LogP contribution in [0.3, 0.4) is 0 Å². The van der Waals surface area contributed by atoms with Gasteiger partial charge in [-0.1, -0.05) is 12.1 Å². The second-order valence-corrected chi connectivity index (χ2v) is 11.4. The zero-order valence-electron chi connectivity index (χ0n) is 20.2. The zero-order valence-corrected chi connectivity index (χ0v) is 21.0. The fourth-order valence-electron chi connectivity index (χ4n) is 4.97. The molecule has 2 bridgehead atoms. The SMILES string of the molecule is CC(C)(C)OC(=O)N1[C@@H]2CC[C@@H](C2)[C@H]1C(=O)N[C@H](N)Cc1ccc(-c2ccc(C(F)(F)F)s2)cc1F. The molecule has 196 valence electrons. The Morgan fingerprint density at radius 3 is 2.53 bits per heavy atom. The highest BCUT2D eigenvalue weighted by atomic mass is 32.1. The first kappa shape index (κ1) is 26.4. The first-order valence-electron chi connectivity index (χ1n) is 11.8. The number of fused-ring (bicyclic) bond motifs is 2. The molecule has 2 heterocycles. The number of ether oxygens (including phenoxy) is 1. The van der Waals surface area contributed by atoms with E-state index in [-0.39, 0.29) is 23.9 Å². The van der Waals surface area contributed by atoms with E-state index >= 15 is 0 Å². The Hall–Kier alpha value is -2.66. The number of likely N-dealkylation sites (tertiary alicyclic amines) is 1. The third-order valence-electron chi connectivity index (χ3n) is 6.45. The molecule has 4 atom stereocenters. The molecule has 11 heteroatoms. The number of nitrogens with zero attached hydrogens (tertiary/aromatic N) is 1. The predicted molar refractivity (Wildman–Crippen MR) is 128 cm³/mol. The van der Waals surface area contributed by atoms with Crippen LogP contribution in [-0.2, 0) is 22.1 Å². The van der Waals surface area contributed by atoms with Crippen LogP contribution in [0.25, 0.3) is 10.4 Å². The monoisotopic (exact) mass is 527 g/mol. The largest absolute Gasteiger partial charge is 0.444 e. The highest BCUT2D eigenvalue weighted by Gasteiger charge is 2.52. The summed E-state index contributed by atoms with van der Waals surface area (Å²) >= 11 is 0.540. The van der Waals surface area contributed by atoms with Crippen molar-refractivity contribution in [2.24, 2.45) is 11.7 Å². The fourth-order valence-corrected chi connectivity index (χ4v) is 5.84. The normalized spacial score (nSPS) is 22.6. The summed E-state index contributed by atoms with van der Waals surface area (Å²) in [6.45, 7) is 5.28. The van der Waals surface area contributed by atoms with E-state index in [4.69, 9.17) is 10.5 Å². The van der Waals surface area contributed by atoms with Crippen LogP contribution in [0.2, 0.25) is 0 Å². The Balaban J connectivity index is 1.41. The second kappa shape index (κ2) is 9.66. The molecule has 2 aliphatic rings. The lowest BCUT2D eigenvalue weighted by molar-refractivity contribution is -0.134. The van der Waals surface area contributed by atoms with Gasteiger partial charge in [-0.25, -0.2) is 9.18 Å². The van der Waals surface area contributed by atoms with Crippen molar-refractivity contribution in [1.29, 1.82) is 0 Å². The average Bonchev–Trinajstić information content (AvgIpc) is 3.49. The van der Waals surface area contributed by atoms with Gasteiger partial charge < -0.3 is 15.8 Å². The summed E-state index contributed by atoms with van der Waals surface area (Å²) in [6.07, 6.45) is -3.57. The number of benzene rings is 1. The Labute approximate surface area is 210 Å². The summed E-state index contributed by atoms with van der Waals surface area (Å²) in [5.74, 6) is -1.02. The van der Waals surface area contributed by atoms with Crippen LogP contribution in [0, 0.1) is 11.7 Å². The quantitative estimate of drug-likeness (QED) is 0.408. The number of hydrogen-bond donors (Lipinski definition) is 2. The number of hydrogen-bond acceptors (Lipinski definition) is 5. The van der Waals surface area contributed by atoms with Crippen molar-refractivity contribution in [1.82, 2.24) is 10.2 Å². The molecule has 1 aliphatic carbocycles. The van der Waals surface area contributed by atoms with Crippen molar-refractivity contribution in [3.8, 4) is 10.4 Å². The van der Waals surface area contributed by atoms with Gasteiger partial charge in [0.15, 0.2) is 0 Å². The molecule has 36 heavy (non-hydrogen) atoms. The molecule has 2 aromatic rings. The van der Waals surface area contributed by atoms with Gasteiger partial charge in [0.1, 0.15) is 22.3 Å². The molecule has 0 spiro atoms. The highest BCUT2D eigenvalue weighted by molar-refractivity contribution is 7.15. The van der Waals surface area contributed by atoms with E-state index in [0.717, 1.165) is 31.4 Å². The number of carbonyl (C=O) groups is 2. The van der Waals surface area contributed by atoms with Gasteiger partial charge in [0.05, 0.1) is 6.17 Å². The Morgan fingerprint density at radius 2 is 1.92 bits per heavy atom. The van der Waals surface area contributed by atoms with Crippen LogP contribution in [0.5, 0.6) is 0 Å². The van der Waals surface area contributed by atoms with Crippen molar-refractivity contribution in [3.05, 3.63) is 46.6 Å². The van der Waals surface area contributed by atoms with Crippen LogP contribution in [-0.4, -0.2) is 40.8 Å². The average molecular weight is 528 g/mol. The molecular weight excluding hydrogens is 498 g/mol. The Bertz CT molecular complexity index is 1140. The number of halogens is 4. The van der Waals surface area contributed by atoms with Gasteiger partial charge in [-0.05, 0) is 75.3 Å². The first-order chi connectivity index (χ1) is 16.7. The van der Waals surface area contributed by atoms with E-state index in [1.807, 2.05) is 0 Å². The minimum absolute atomic E-state index is 0.0122. The maximum Gasteiger partial charge on any atom is 0.425 e. The maximum absolute atomic E-state index is 14.8. The van der Waals surface area contributed by atoms with Gasteiger partial charge in [0.25, 0.3) is 0 Å². The standard InChI is InChI=1S/C25H29F4N3O3S/c1-24(2,3)35-23(34)32-16-7-6-15(10-16)21(32)22(33)31-20(30)12-13-4-5-14(11-17(13)26)18-8-9-19(36-18)25(27,28)29/h4-5,8-9,11,15-16,20-21H,6-7,10,12,30H2,1-3H3,(H,31,33)/t15-,16+,20-,21-/m0/s1. The minimum Gasteiger partial charge on any atom is -0.444 e. The smallest absolute Gasteiger partial charge is 0.425 e. The number of carbonyl (C=O) groups excluding carboxylic acids is 2. The van der Waals surface area contributed by atoms with E-state index in [0.29, 0.717) is 21.8 Å². The van der Waals surface area contributed by atoms with Crippen LogP contribution < -0.4 is 11.1 Å². The summed E-state index contributed by atoms with van der Waals surface area (Å²) in [5.41, 5.74) is 5.95. The van der Waals surface area contributed by atoms with E-state index < -0.39 is 46.7 Å². The van der Waals surface area contributed by atoms with Crippen molar-refractivity contribution >= 4 is 23.3 Å². The molecule has 1 aromatic carbocycles. The van der Waals surface area contributed by atoms with Crippen molar-refractivity contribution < 1.29 is 31.9 Å². The van der Waals surface area contributed by atoms with E-state index in [1.165, 1.54) is 23.1 Å². The third-order valence-corrected chi connectivity index (χ3v) is 7.63. The molecule has 4 rings (SSSR count). The summed E-state index contributed by atoms with van der Waals surface area (Å²) in [5, 5.41) is 2.70. The van der Waals surface area contributed by atoms with Gasteiger partial charge in [0.2, 0.25) is 5.91 Å². The van der Waals surface area contributed by atoms with Crippen LogP contribution in [0.4, 0.5) is 22.4 Å². The van der Waals surface area contributed by atoms with Crippen molar-refractivity contribution in [2.75, 3.05) is 0 Å². The molecule has 1 aromatic heterocycles. The minimum atomic E-state index is -4.45. The van der Waals surface area contributed by atoms with Crippen molar-refractivity contribution in [2.45, 2.75) is 76.5 Å². The molecule has 2 fully saturated rings. The van der Waals surface area contributed by atoms with Gasteiger partial charge >= 0.3 is 12.3 Å². The number of thiophene rings is 1. The maximum atomic E-state index is 14.8. The molecule has 2 amide bonds. The van der Waals surface area contributed by atoms with Gasteiger partial charge in [0, 0.05) is 17.3 Å². The third kappa shape index (κ3) is 5.67. The van der Waals surface area contributed by atoms with E-state index in [9.17, 15) is 27.2 Å². The lowest BCUT2D eigenvalue weighted by atomic mass is 9.97. The number of amides is 2. The summed E-state index contributed by atoms with van der Waals surface area (Å²) in [4.78, 5) is 26.9. The highest BCUT2D eigenvalue weighted by Crippen LogP contribution is 2.43.